The van der Waals surface area contributed by atoms with E-state index >= 15 is 13.6 Å². The number of piperazine rings is 1. The Bertz CT molecular complexity index is 2780. The number of anilines is 3. The zero-order valence-corrected chi connectivity index (χ0v) is 46.9. The van der Waals surface area contributed by atoms with Gasteiger partial charge in [-0.05, 0) is 130 Å². The van der Waals surface area contributed by atoms with Crippen LogP contribution in [0, 0.1) is 23.4 Å². The molecule has 3 fully saturated rings. The number of ether oxygens (including phenoxy) is 2. The Labute approximate surface area is 472 Å². The first-order valence-electron chi connectivity index (χ1n) is 26.0. The third kappa shape index (κ3) is 13.4. The molecule has 5 N–H and O–H groups in total. The van der Waals surface area contributed by atoms with Crippen molar-refractivity contribution in [3.05, 3.63) is 124 Å². The Morgan fingerprint density at radius 1 is 0.846 bits per heavy atom. The van der Waals surface area contributed by atoms with E-state index in [0.29, 0.717) is 81.2 Å². The van der Waals surface area contributed by atoms with Crippen LogP contribution in [0.15, 0.2) is 78.9 Å². The van der Waals surface area contributed by atoms with Gasteiger partial charge in [-0.2, -0.15) is 0 Å². The third-order valence-corrected chi connectivity index (χ3v) is 15.8. The molecule has 4 aromatic rings. The largest absolute Gasteiger partial charge is 0.381 e. The molecule has 78 heavy (non-hydrogen) atoms. The number of hydrogen-bond donors (Lipinski definition) is 5. The third-order valence-electron chi connectivity index (χ3n) is 15.8. The molecule has 0 aromatic heterocycles. The van der Waals surface area contributed by atoms with Gasteiger partial charge < -0.3 is 45.9 Å². The summed E-state index contributed by atoms with van der Waals surface area (Å²) >= 11 is 0. The van der Waals surface area contributed by atoms with Crippen molar-refractivity contribution in [1.82, 2.24) is 30.7 Å². The normalized spacial score (nSPS) is 23.1. The summed E-state index contributed by atoms with van der Waals surface area (Å²) in [5.74, 6) is -5.22. The summed E-state index contributed by atoms with van der Waals surface area (Å²) in [7, 11) is 1.62. The number of nitrogens with one attached hydrogen (secondary N) is 5. The summed E-state index contributed by atoms with van der Waals surface area (Å²) in [5, 5.41) is 14.9. The number of nitrogens with zero attached hydrogens (tertiary/aromatic N) is 4. The van der Waals surface area contributed by atoms with E-state index in [9.17, 15) is 23.6 Å². The molecule has 5 aliphatic heterocycles. The minimum Gasteiger partial charge on any atom is -0.381 e. The van der Waals surface area contributed by atoms with E-state index in [0.717, 1.165) is 36.3 Å². The lowest BCUT2D eigenvalue weighted by Gasteiger charge is -2.43. The van der Waals surface area contributed by atoms with Gasteiger partial charge in [0.25, 0.3) is 5.91 Å². The van der Waals surface area contributed by atoms with Crippen molar-refractivity contribution in [2.45, 2.75) is 95.2 Å². The molecule has 3 saturated heterocycles. The molecule has 7 atom stereocenters. The van der Waals surface area contributed by atoms with Crippen molar-refractivity contribution < 1.29 is 46.6 Å². The van der Waals surface area contributed by atoms with Gasteiger partial charge in [0.1, 0.15) is 35.2 Å². The topological polar surface area (TPSA) is 177 Å². The Hall–Kier alpha value is -5.35. The van der Waals surface area contributed by atoms with E-state index in [-0.39, 0.29) is 98.3 Å². The highest BCUT2D eigenvalue weighted by Gasteiger charge is 2.49. The smallest absolute Gasteiger partial charge is 0.252 e. The van der Waals surface area contributed by atoms with Crippen LogP contribution >= 0.6 is 37.2 Å². The molecule has 0 bridgehead atoms. The van der Waals surface area contributed by atoms with E-state index in [1.165, 1.54) is 23.1 Å². The summed E-state index contributed by atoms with van der Waals surface area (Å²) in [5.41, 5.74) is 2.10. The van der Waals surface area contributed by atoms with E-state index in [4.69, 9.17) is 9.47 Å². The van der Waals surface area contributed by atoms with Gasteiger partial charge >= 0.3 is 0 Å². The van der Waals surface area contributed by atoms with Crippen LogP contribution in [-0.4, -0.2) is 147 Å². The molecule has 0 aliphatic carbocycles. The lowest BCUT2D eigenvalue weighted by Crippen LogP contribution is -2.62. The molecule has 4 aromatic carbocycles. The molecule has 0 saturated carbocycles. The van der Waals surface area contributed by atoms with Crippen LogP contribution < -0.4 is 31.5 Å². The number of likely N-dealkylation sites (N-methyl/N-ethyl adjacent to an activating group) is 1. The minimum absolute atomic E-state index is 0. The highest BCUT2D eigenvalue weighted by Crippen LogP contribution is 2.44. The molecule has 9 rings (SSSR count). The van der Waals surface area contributed by atoms with Gasteiger partial charge in [-0.15, -0.1) is 37.2 Å². The van der Waals surface area contributed by atoms with Gasteiger partial charge in [0, 0.05) is 82.0 Å². The SMILES string of the molecule is CN[C@@H](C)C(=O)N[C@H](C(=O)N1Cc2ccc(NC(=O)[C@@]3(C)CN(C(=O)CN4C[C@@H](C)NC[C@@H]4CN4CCOC[C@H]4C)c4cc(Cc5ccc(F)cc5)ccc43)cc2[C@H]1C(=O)Nc1c(F)cccc1F)C1CCOCC1.Cl.Cl.Cl. The summed E-state index contributed by atoms with van der Waals surface area (Å²) in [6.07, 6.45) is 1.38. The number of carbonyl (C=O) groups is 5. The molecular weight excluding hydrogens is 1070 g/mol. The lowest BCUT2D eigenvalue weighted by molar-refractivity contribution is -0.144. The Morgan fingerprint density at radius 2 is 1.55 bits per heavy atom. The Balaban J connectivity index is 0.00000328. The van der Waals surface area contributed by atoms with E-state index in [1.54, 1.807) is 56.1 Å². The molecule has 16 nitrogen and oxygen atoms in total. The average molecular weight is 1150 g/mol. The quantitative estimate of drug-likeness (QED) is 0.0927. The van der Waals surface area contributed by atoms with Gasteiger partial charge in [0.2, 0.25) is 23.6 Å². The van der Waals surface area contributed by atoms with Crippen LogP contribution in [-0.2, 0) is 51.8 Å². The highest BCUT2D eigenvalue weighted by atomic mass is 35.5. The van der Waals surface area contributed by atoms with Crippen LogP contribution in [0.4, 0.5) is 30.2 Å². The first-order valence-corrected chi connectivity index (χ1v) is 26.0. The zero-order valence-electron chi connectivity index (χ0n) is 44.5. The second-order valence-corrected chi connectivity index (χ2v) is 21.0. The molecule has 0 radical (unpaired) electrons. The van der Waals surface area contributed by atoms with E-state index < -0.39 is 64.5 Å². The number of amides is 5. The standard InChI is InChI=1S/C56H68F3N9O7.3ClH/c1-33-27-66(42(26-61-33)29-65-19-22-75-31-34(65)2)30-48(69)68-32-56(4,44-16-11-37(24-47(44)68)23-36-9-13-40(57)14-10-36)55(73)62-41-15-12-39-28-67(51(43(39)25-41)53(71)64-50-45(58)7-6-8-46(50)59)54(72)49(38-17-20-74-21-18-38)63-52(70)35(3)60-5;;;/h6-16,24-25,33-35,38,42,49,51,60-61H,17-23,26-32H2,1-5H3,(H,62,73)(H,63,70)(H,64,71);3*1H/t33-,34-,35+,42-,49+,51+,56+;;;/m1.../s1. The summed E-state index contributed by atoms with van der Waals surface area (Å²) in [6.45, 7) is 12.7. The number of para-hydroxylation sites is 1. The fourth-order valence-electron chi connectivity index (χ4n) is 11.2. The van der Waals surface area contributed by atoms with Crippen LogP contribution in [0.25, 0.3) is 0 Å². The van der Waals surface area contributed by atoms with Crippen molar-refractivity contribution >= 4 is 83.8 Å². The second kappa shape index (κ2) is 26.7. The number of benzene rings is 4. The second-order valence-electron chi connectivity index (χ2n) is 21.0. The maximum atomic E-state index is 15.1. The van der Waals surface area contributed by atoms with Crippen molar-refractivity contribution in [2.24, 2.45) is 5.92 Å². The molecule has 5 amide bonds. The van der Waals surface area contributed by atoms with Crippen LogP contribution in [0.3, 0.4) is 0 Å². The van der Waals surface area contributed by atoms with Crippen molar-refractivity contribution in [2.75, 3.05) is 88.3 Å². The number of morpholine rings is 1. The minimum atomic E-state index is -1.44. The van der Waals surface area contributed by atoms with Gasteiger partial charge in [-0.3, -0.25) is 33.8 Å². The molecule has 424 valence electrons. The number of carbonyl (C=O) groups excluding carboxylic acids is 5. The van der Waals surface area contributed by atoms with Crippen LogP contribution in [0.1, 0.15) is 74.4 Å². The fraction of sp³-hybridized carbons (Fsp3) is 0.482. The van der Waals surface area contributed by atoms with Gasteiger partial charge in [-0.25, -0.2) is 13.2 Å². The maximum Gasteiger partial charge on any atom is 0.252 e. The molecular formula is C56H71Cl3F3N9O7. The van der Waals surface area contributed by atoms with Crippen molar-refractivity contribution in [3.8, 4) is 0 Å². The number of halogens is 6. The van der Waals surface area contributed by atoms with Crippen LogP contribution in [0.5, 0.6) is 0 Å². The van der Waals surface area contributed by atoms with E-state index in [1.807, 2.05) is 18.2 Å². The van der Waals surface area contributed by atoms with Crippen molar-refractivity contribution in [3.63, 3.8) is 0 Å². The predicted octanol–water partition coefficient (Wildman–Crippen LogP) is 6.13. The Morgan fingerprint density at radius 3 is 2.24 bits per heavy atom. The number of fused-ring (bicyclic) bond motifs is 2. The van der Waals surface area contributed by atoms with Gasteiger partial charge in [0.05, 0.1) is 31.2 Å². The van der Waals surface area contributed by atoms with Gasteiger partial charge in [-0.1, -0.05) is 36.4 Å². The monoisotopic (exact) mass is 1140 g/mol. The summed E-state index contributed by atoms with van der Waals surface area (Å²) in [6, 6.07) is 17.4. The average Bonchev–Trinajstić information content (AvgIpc) is 4.06. The number of hydrogen-bond acceptors (Lipinski definition) is 11. The zero-order chi connectivity index (χ0) is 53.1. The first-order chi connectivity index (χ1) is 36.0. The highest BCUT2D eigenvalue weighted by molar-refractivity contribution is 6.07. The number of rotatable bonds is 15. The Kier molecular flexibility index (Phi) is 21.2. The van der Waals surface area contributed by atoms with Crippen LogP contribution in [0.2, 0.25) is 0 Å². The van der Waals surface area contributed by atoms with Gasteiger partial charge in [0.15, 0.2) is 0 Å². The summed E-state index contributed by atoms with van der Waals surface area (Å²) < 4.78 is 55.5. The summed E-state index contributed by atoms with van der Waals surface area (Å²) in [4.78, 5) is 80.5. The maximum absolute atomic E-state index is 15.1. The van der Waals surface area contributed by atoms with Crippen molar-refractivity contribution in [1.29, 1.82) is 0 Å². The van der Waals surface area contributed by atoms with E-state index in [2.05, 4.69) is 50.2 Å². The fourth-order valence-corrected chi connectivity index (χ4v) is 11.2. The molecule has 5 aliphatic rings. The molecule has 22 heteroatoms. The molecule has 0 spiro atoms. The predicted molar refractivity (Wildman–Crippen MR) is 299 cm³/mol. The molecule has 0 unspecified atom stereocenters. The lowest BCUT2D eigenvalue weighted by atomic mass is 9.82. The molecule has 5 heterocycles. The first kappa shape index (κ1) is 61.9.